The molecule has 1 heteroatoms. The lowest BCUT2D eigenvalue weighted by atomic mass is 9.98. The first-order valence-corrected chi connectivity index (χ1v) is 4.89. The minimum Gasteiger partial charge on any atom is -0.398 e. The smallest absolute Gasteiger partial charge is 0.0393 e. The number of hydrogen-bond acceptors (Lipinski definition) is 1. The molecule has 0 aliphatic carbocycles. The molecule has 0 atom stereocenters. The topological polar surface area (TPSA) is 26.0 Å². The van der Waals surface area contributed by atoms with E-state index < -0.39 is 0 Å². The van der Waals surface area contributed by atoms with Crippen molar-refractivity contribution in [2.75, 3.05) is 5.73 Å². The van der Waals surface area contributed by atoms with Crippen LogP contribution in [-0.4, -0.2) is 0 Å². The summed E-state index contributed by atoms with van der Waals surface area (Å²) in [6.07, 6.45) is 1.80. The third kappa shape index (κ3) is 1.77. The molecule has 2 aromatic carbocycles. The van der Waals surface area contributed by atoms with E-state index in [-0.39, 0.29) is 0 Å². The molecule has 0 radical (unpaired) electrons. The molecule has 2 aromatic rings. The highest BCUT2D eigenvalue weighted by molar-refractivity contribution is 5.81. The van der Waals surface area contributed by atoms with Crippen LogP contribution in [0.15, 0.2) is 55.1 Å². The van der Waals surface area contributed by atoms with Gasteiger partial charge in [0.2, 0.25) is 0 Å². The molecule has 0 aliphatic rings. The number of nitrogen functional groups attached to an aromatic ring is 1. The Morgan fingerprint density at radius 3 is 2.33 bits per heavy atom. The van der Waals surface area contributed by atoms with Gasteiger partial charge in [0.15, 0.2) is 0 Å². The van der Waals surface area contributed by atoms with E-state index >= 15 is 0 Å². The van der Waals surface area contributed by atoms with Crippen LogP contribution < -0.4 is 5.73 Å². The third-order valence-corrected chi connectivity index (χ3v) is 2.43. The Morgan fingerprint density at radius 2 is 1.67 bits per heavy atom. The molecular formula is C14H13N. The lowest BCUT2D eigenvalue weighted by Crippen LogP contribution is -1.91. The van der Waals surface area contributed by atoms with Crippen molar-refractivity contribution < 1.29 is 0 Å². The van der Waals surface area contributed by atoms with Crippen molar-refractivity contribution in [3.63, 3.8) is 0 Å². The van der Waals surface area contributed by atoms with Crippen LogP contribution in [-0.2, 0) is 0 Å². The van der Waals surface area contributed by atoms with Crippen LogP contribution >= 0.6 is 0 Å². The minimum absolute atomic E-state index is 0.770. The summed E-state index contributed by atoms with van der Waals surface area (Å²) in [5.41, 5.74) is 9.97. The van der Waals surface area contributed by atoms with E-state index in [2.05, 4.69) is 24.8 Å². The van der Waals surface area contributed by atoms with Crippen molar-refractivity contribution in [3.8, 4) is 11.1 Å². The molecule has 2 rings (SSSR count). The molecule has 0 fully saturated rings. The van der Waals surface area contributed by atoms with Gasteiger partial charge in [0, 0.05) is 11.3 Å². The maximum atomic E-state index is 5.90. The fourth-order valence-electron chi connectivity index (χ4n) is 1.68. The van der Waals surface area contributed by atoms with E-state index in [4.69, 9.17) is 5.73 Å². The maximum absolute atomic E-state index is 5.90. The first-order valence-electron chi connectivity index (χ1n) is 4.89. The van der Waals surface area contributed by atoms with Crippen LogP contribution in [0, 0.1) is 0 Å². The zero-order valence-electron chi connectivity index (χ0n) is 8.48. The summed E-state index contributed by atoms with van der Waals surface area (Å²) >= 11 is 0. The molecule has 2 N–H and O–H groups in total. The zero-order valence-corrected chi connectivity index (χ0v) is 8.48. The van der Waals surface area contributed by atoms with Crippen LogP contribution in [0.5, 0.6) is 0 Å². The summed E-state index contributed by atoms with van der Waals surface area (Å²) in [7, 11) is 0. The highest BCUT2D eigenvalue weighted by atomic mass is 14.6. The average molecular weight is 195 g/mol. The molecule has 15 heavy (non-hydrogen) atoms. The summed E-state index contributed by atoms with van der Waals surface area (Å²) in [6, 6.07) is 16.1. The first kappa shape index (κ1) is 9.53. The first-order chi connectivity index (χ1) is 7.33. The van der Waals surface area contributed by atoms with Crippen molar-refractivity contribution in [2.24, 2.45) is 0 Å². The molecule has 0 saturated carbocycles. The Labute approximate surface area is 89.9 Å². The number of anilines is 1. The van der Waals surface area contributed by atoms with Gasteiger partial charge in [-0.1, -0.05) is 55.1 Å². The Bertz CT molecular complexity index is 472. The van der Waals surface area contributed by atoms with Crippen LogP contribution in [0.3, 0.4) is 0 Å². The second kappa shape index (κ2) is 4.01. The number of rotatable bonds is 2. The number of nitrogens with two attached hydrogens (primary N) is 1. The Hall–Kier alpha value is -2.02. The van der Waals surface area contributed by atoms with E-state index in [1.807, 2.05) is 30.3 Å². The molecule has 0 unspecified atom stereocenters. The van der Waals surface area contributed by atoms with E-state index in [0.29, 0.717) is 0 Å². The predicted molar refractivity (Wildman–Crippen MR) is 66.4 cm³/mol. The fourth-order valence-corrected chi connectivity index (χ4v) is 1.68. The van der Waals surface area contributed by atoms with Gasteiger partial charge in [-0.05, 0) is 17.2 Å². The Morgan fingerprint density at radius 1 is 0.933 bits per heavy atom. The average Bonchev–Trinajstić information content (AvgIpc) is 2.30. The van der Waals surface area contributed by atoms with Crippen LogP contribution in [0.2, 0.25) is 0 Å². The second-order valence-electron chi connectivity index (χ2n) is 3.38. The van der Waals surface area contributed by atoms with Gasteiger partial charge in [0.05, 0.1) is 0 Å². The molecule has 74 valence electrons. The normalized spacial score (nSPS) is 9.87. The third-order valence-electron chi connectivity index (χ3n) is 2.43. The quantitative estimate of drug-likeness (QED) is 0.728. The molecule has 0 spiro atoms. The molecule has 1 nitrogen and oxygen atoms in total. The van der Waals surface area contributed by atoms with Gasteiger partial charge in [-0.3, -0.25) is 0 Å². The van der Waals surface area contributed by atoms with Crippen molar-refractivity contribution in [3.05, 3.63) is 60.7 Å². The molecule has 0 amide bonds. The van der Waals surface area contributed by atoms with Crippen molar-refractivity contribution in [2.45, 2.75) is 0 Å². The predicted octanol–water partition coefficient (Wildman–Crippen LogP) is 3.58. The highest BCUT2D eigenvalue weighted by Crippen LogP contribution is 2.28. The van der Waals surface area contributed by atoms with Crippen LogP contribution in [0.25, 0.3) is 17.2 Å². The van der Waals surface area contributed by atoms with E-state index in [1.165, 1.54) is 5.56 Å². The number of hydrogen-bond donors (Lipinski definition) is 1. The van der Waals surface area contributed by atoms with Gasteiger partial charge in [0.25, 0.3) is 0 Å². The molecule has 0 bridgehead atoms. The zero-order chi connectivity index (χ0) is 10.7. The monoisotopic (exact) mass is 195 g/mol. The molecule has 0 aromatic heterocycles. The van der Waals surface area contributed by atoms with Crippen molar-refractivity contribution in [1.29, 1.82) is 0 Å². The SMILES string of the molecule is C=Cc1c(N)cccc1-c1ccccc1. The second-order valence-corrected chi connectivity index (χ2v) is 3.38. The summed E-state index contributed by atoms with van der Waals surface area (Å²) in [4.78, 5) is 0. The van der Waals surface area contributed by atoms with E-state index in [0.717, 1.165) is 16.8 Å². The minimum atomic E-state index is 0.770. The van der Waals surface area contributed by atoms with E-state index in [1.54, 1.807) is 6.08 Å². The van der Waals surface area contributed by atoms with E-state index in [9.17, 15) is 0 Å². The molecule has 0 heterocycles. The van der Waals surface area contributed by atoms with Crippen LogP contribution in [0.1, 0.15) is 5.56 Å². The Balaban J connectivity index is 2.63. The molecule has 0 aliphatic heterocycles. The van der Waals surface area contributed by atoms with Gasteiger partial charge >= 0.3 is 0 Å². The maximum Gasteiger partial charge on any atom is 0.0393 e. The van der Waals surface area contributed by atoms with Gasteiger partial charge in [0.1, 0.15) is 0 Å². The highest BCUT2D eigenvalue weighted by Gasteiger charge is 2.03. The summed E-state index contributed by atoms with van der Waals surface area (Å²) in [5, 5.41) is 0. The van der Waals surface area contributed by atoms with Gasteiger partial charge in [-0.2, -0.15) is 0 Å². The summed E-state index contributed by atoms with van der Waals surface area (Å²) in [6.45, 7) is 3.80. The van der Waals surface area contributed by atoms with Crippen molar-refractivity contribution in [1.82, 2.24) is 0 Å². The Kier molecular flexibility index (Phi) is 2.55. The molecular weight excluding hydrogens is 182 g/mol. The lowest BCUT2D eigenvalue weighted by molar-refractivity contribution is 1.59. The van der Waals surface area contributed by atoms with Gasteiger partial charge in [-0.15, -0.1) is 0 Å². The van der Waals surface area contributed by atoms with Crippen LogP contribution in [0.4, 0.5) is 5.69 Å². The van der Waals surface area contributed by atoms with Gasteiger partial charge in [-0.25, -0.2) is 0 Å². The van der Waals surface area contributed by atoms with Gasteiger partial charge < -0.3 is 5.73 Å². The molecule has 0 saturated heterocycles. The fraction of sp³-hybridized carbons (Fsp3) is 0. The standard InChI is InChI=1S/C14H13N/c1-2-12-13(9-6-10-14(12)15)11-7-4-3-5-8-11/h2-10H,1,15H2. The number of benzene rings is 2. The summed E-state index contributed by atoms with van der Waals surface area (Å²) in [5.74, 6) is 0. The van der Waals surface area contributed by atoms with Crippen molar-refractivity contribution >= 4 is 11.8 Å². The summed E-state index contributed by atoms with van der Waals surface area (Å²) < 4.78 is 0. The lowest BCUT2D eigenvalue weighted by Gasteiger charge is -2.08. The largest absolute Gasteiger partial charge is 0.398 e.